The van der Waals surface area contributed by atoms with Crippen molar-refractivity contribution in [2.24, 2.45) is 0 Å². The average Bonchev–Trinajstić information content (AvgIpc) is 2.54. The van der Waals surface area contributed by atoms with E-state index in [1.807, 2.05) is 24.3 Å². The lowest BCUT2D eigenvalue weighted by Gasteiger charge is -2.18. The van der Waals surface area contributed by atoms with E-state index < -0.39 is 11.7 Å². The molecule has 24 heavy (non-hydrogen) atoms. The van der Waals surface area contributed by atoms with Gasteiger partial charge in [-0.15, -0.1) is 0 Å². The molecule has 2 aromatic carbocycles. The highest BCUT2D eigenvalue weighted by molar-refractivity contribution is 7.80. The van der Waals surface area contributed by atoms with Gasteiger partial charge in [-0.3, -0.25) is 0 Å². The first-order valence-corrected chi connectivity index (χ1v) is 8.06. The van der Waals surface area contributed by atoms with Crippen molar-refractivity contribution in [1.82, 2.24) is 0 Å². The molecule has 6 heteroatoms. The zero-order chi connectivity index (χ0) is 17.7. The summed E-state index contributed by atoms with van der Waals surface area (Å²) in [5, 5.41) is 6.13. The van der Waals surface area contributed by atoms with Crippen molar-refractivity contribution < 1.29 is 13.2 Å². The standard InChI is InChI=1S/C18H19F3N2S/c1-3-12(2)15-9-4-5-10-16(15)23-17(24)22-14-8-6-7-13(11-14)18(19,20)21/h4-12H,3H2,1-2H3,(H2,22,23,24). The zero-order valence-electron chi connectivity index (χ0n) is 13.4. The fraction of sp³-hybridized carbons (Fsp3) is 0.278. The van der Waals surface area contributed by atoms with Crippen molar-refractivity contribution in [2.45, 2.75) is 32.4 Å². The smallest absolute Gasteiger partial charge is 0.332 e. The van der Waals surface area contributed by atoms with Crippen LogP contribution in [0.1, 0.15) is 37.3 Å². The van der Waals surface area contributed by atoms with E-state index in [4.69, 9.17) is 12.2 Å². The molecule has 1 atom stereocenters. The van der Waals surface area contributed by atoms with Crippen LogP contribution in [0.25, 0.3) is 0 Å². The quantitative estimate of drug-likeness (QED) is 0.657. The van der Waals surface area contributed by atoms with E-state index in [0.29, 0.717) is 11.6 Å². The summed E-state index contributed by atoms with van der Waals surface area (Å²) in [5.41, 5.74) is 1.56. The first-order valence-electron chi connectivity index (χ1n) is 7.65. The summed E-state index contributed by atoms with van der Waals surface area (Å²) in [7, 11) is 0. The van der Waals surface area contributed by atoms with Gasteiger partial charge in [0.05, 0.1) is 5.56 Å². The van der Waals surface area contributed by atoms with Gasteiger partial charge in [0.25, 0.3) is 0 Å². The molecule has 128 valence electrons. The molecular weight excluding hydrogens is 333 g/mol. The lowest BCUT2D eigenvalue weighted by Crippen LogP contribution is -2.20. The zero-order valence-corrected chi connectivity index (χ0v) is 14.3. The topological polar surface area (TPSA) is 24.1 Å². The van der Waals surface area contributed by atoms with Gasteiger partial charge in [-0.25, -0.2) is 0 Å². The highest BCUT2D eigenvalue weighted by atomic mass is 32.1. The predicted octanol–water partition coefficient (Wildman–Crippen LogP) is 6.03. The number of halogens is 3. The molecule has 0 aliphatic carbocycles. The normalized spacial score (nSPS) is 12.5. The van der Waals surface area contributed by atoms with Gasteiger partial charge < -0.3 is 10.6 Å². The second-order valence-corrected chi connectivity index (χ2v) is 5.96. The highest BCUT2D eigenvalue weighted by Gasteiger charge is 2.30. The second-order valence-electron chi connectivity index (χ2n) is 5.55. The highest BCUT2D eigenvalue weighted by Crippen LogP contribution is 2.31. The van der Waals surface area contributed by atoms with Gasteiger partial charge in [0.2, 0.25) is 0 Å². The lowest BCUT2D eigenvalue weighted by atomic mass is 9.97. The minimum Gasteiger partial charge on any atom is -0.332 e. The Labute approximate surface area is 145 Å². The van der Waals surface area contributed by atoms with Gasteiger partial charge in [0.15, 0.2) is 5.11 Å². The molecule has 0 aliphatic rings. The fourth-order valence-corrected chi connectivity index (χ4v) is 2.55. The van der Waals surface area contributed by atoms with Crippen LogP contribution in [0.4, 0.5) is 24.5 Å². The summed E-state index contributed by atoms with van der Waals surface area (Å²) >= 11 is 5.23. The van der Waals surface area contributed by atoms with Crippen LogP contribution in [-0.4, -0.2) is 5.11 Å². The number of nitrogens with one attached hydrogen (secondary N) is 2. The Morgan fingerprint density at radius 2 is 1.79 bits per heavy atom. The number of para-hydroxylation sites is 1. The van der Waals surface area contributed by atoms with E-state index in [1.165, 1.54) is 6.07 Å². The van der Waals surface area contributed by atoms with Crippen LogP contribution in [0.2, 0.25) is 0 Å². The molecule has 1 unspecified atom stereocenters. The molecule has 0 saturated carbocycles. The Morgan fingerprint density at radius 3 is 2.46 bits per heavy atom. The summed E-state index contributed by atoms with van der Waals surface area (Å²) < 4.78 is 38.3. The molecule has 2 rings (SSSR count). The summed E-state index contributed by atoms with van der Waals surface area (Å²) in [6.45, 7) is 4.21. The van der Waals surface area contributed by atoms with Crippen molar-refractivity contribution in [2.75, 3.05) is 10.6 Å². The van der Waals surface area contributed by atoms with E-state index in [0.717, 1.165) is 29.8 Å². The Balaban J connectivity index is 2.12. The van der Waals surface area contributed by atoms with Crippen LogP contribution >= 0.6 is 12.2 Å². The van der Waals surface area contributed by atoms with E-state index >= 15 is 0 Å². The molecule has 0 spiro atoms. The van der Waals surface area contributed by atoms with Crippen LogP contribution in [-0.2, 0) is 6.18 Å². The van der Waals surface area contributed by atoms with Crippen molar-refractivity contribution in [3.8, 4) is 0 Å². The Kier molecular flexibility index (Phi) is 5.83. The molecule has 0 saturated heterocycles. The number of rotatable bonds is 4. The molecule has 2 aromatic rings. The fourth-order valence-electron chi connectivity index (χ4n) is 2.32. The molecule has 0 fully saturated rings. The number of alkyl halides is 3. The maximum Gasteiger partial charge on any atom is 0.416 e. The number of hydrogen-bond acceptors (Lipinski definition) is 1. The maximum absolute atomic E-state index is 12.8. The molecular formula is C18H19F3N2S. The summed E-state index contributed by atoms with van der Waals surface area (Å²) in [5.74, 6) is 0.352. The molecule has 2 N–H and O–H groups in total. The summed E-state index contributed by atoms with van der Waals surface area (Å²) in [4.78, 5) is 0. The van der Waals surface area contributed by atoms with E-state index in [-0.39, 0.29) is 5.11 Å². The predicted molar refractivity (Wildman–Crippen MR) is 96.4 cm³/mol. The first-order chi connectivity index (χ1) is 11.3. The maximum atomic E-state index is 12.8. The van der Waals surface area contributed by atoms with Crippen molar-refractivity contribution in [3.05, 3.63) is 59.7 Å². The van der Waals surface area contributed by atoms with Gasteiger partial charge in [0, 0.05) is 11.4 Å². The van der Waals surface area contributed by atoms with Crippen LogP contribution in [0, 0.1) is 0 Å². The Bertz CT molecular complexity index is 713. The van der Waals surface area contributed by atoms with Crippen LogP contribution in [0.3, 0.4) is 0 Å². The van der Waals surface area contributed by atoms with Gasteiger partial charge in [-0.2, -0.15) is 13.2 Å². The largest absolute Gasteiger partial charge is 0.416 e. The molecule has 0 heterocycles. The minimum atomic E-state index is -4.38. The van der Waals surface area contributed by atoms with Crippen LogP contribution in [0.5, 0.6) is 0 Å². The SMILES string of the molecule is CCC(C)c1ccccc1NC(=S)Nc1cccc(C(F)(F)F)c1. The van der Waals surface area contributed by atoms with Crippen LogP contribution in [0.15, 0.2) is 48.5 Å². The third-order valence-corrected chi connectivity index (χ3v) is 4.00. The number of thiocarbonyl (C=S) groups is 1. The third-order valence-electron chi connectivity index (χ3n) is 3.80. The lowest BCUT2D eigenvalue weighted by molar-refractivity contribution is -0.137. The monoisotopic (exact) mass is 352 g/mol. The number of anilines is 2. The van der Waals surface area contributed by atoms with E-state index in [9.17, 15) is 13.2 Å². The van der Waals surface area contributed by atoms with E-state index in [2.05, 4.69) is 24.5 Å². The average molecular weight is 352 g/mol. The Hall–Kier alpha value is -2.08. The molecule has 0 radical (unpaired) electrons. The molecule has 0 amide bonds. The summed E-state index contributed by atoms with van der Waals surface area (Å²) in [6.07, 6.45) is -3.40. The van der Waals surface area contributed by atoms with Crippen molar-refractivity contribution >= 4 is 28.7 Å². The summed E-state index contributed by atoms with van der Waals surface area (Å²) in [6, 6.07) is 12.7. The minimum absolute atomic E-state index is 0.255. The molecule has 2 nitrogen and oxygen atoms in total. The van der Waals surface area contributed by atoms with Crippen molar-refractivity contribution in [1.29, 1.82) is 0 Å². The van der Waals surface area contributed by atoms with Gasteiger partial charge in [-0.05, 0) is 54.4 Å². The van der Waals surface area contributed by atoms with Gasteiger partial charge in [-0.1, -0.05) is 38.1 Å². The van der Waals surface area contributed by atoms with Gasteiger partial charge in [0.1, 0.15) is 0 Å². The first kappa shape index (κ1) is 18.3. The molecule has 0 bridgehead atoms. The number of hydrogen-bond donors (Lipinski definition) is 2. The number of benzene rings is 2. The van der Waals surface area contributed by atoms with Crippen molar-refractivity contribution in [3.63, 3.8) is 0 Å². The molecule has 0 aromatic heterocycles. The second kappa shape index (κ2) is 7.66. The Morgan fingerprint density at radius 1 is 1.08 bits per heavy atom. The van der Waals surface area contributed by atoms with Gasteiger partial charge >= 0.3 is 6.18 Å². The van der Waals surface area contributed by atoms with Crippen LogP contribution < -0.4 is 10.6 Å². The molecule has 0 aliphatic heterocycles. The van der Waals surface area contributed by atoms with E-state index in [1.54, 1.807) is 6.07 Å². The third kappa shape index (κ3) is 4.71.